The van der Waals surface area contributed by atoms with Gasteiger partial charge in [0.25, 0.3) is 0 Å². The molecule has 2 rings (SSSR count). The molecule has 0 aromatic heterocycles. The van der Waals surface area contributed by atoms with Crippen LogP contribution in [-0.2, 0) is 9.59 Å². The highest BCUT2D eigenvalue weighted by atomic mass is 16.2. The first kappa shape index (κ1) is 12.6. The van der Waals surface area contributed by atoms with Gasteiger partial charge in [-0.1, -0.05) is 60.7 Å². The molecule has 0 saturated heterocycles. The Morgan fingerprint density at radius 1 is 0.706 bits per heavy atom. The molecule has 0 aliphatic rings. The Morgan fingerprint density at radius 3 is 1.29 bits per heavy atom. The molecule has 17 heavy (non-hydrogen) atoms. The third-order valence-corrected chi connectivity index (χ3v) is 2.07. The Hall–Kier alpha value is -2.51. The molecule has 0 unspecified atom stereocenters. The van der Waals surface area contributed by atoms with E-state index in [0.717, 1.165) is 11.1 Å². The molecule has 0 atom stereocenters. The van der Waals surface area contributed by atoms with Gasteiger partial charge in [-0.25, -0.2) is 0 Å². The Kier molecular flexibility index (Phi) is 5.08. The van der Waals surface area contributed by atoms with Gasteiger partial charge in [0.05, 0.1) is 0 Å². The smallest absolute Gasteiger partial charge is 0.289 e. The molecule has 0 amide bonds. The minimum absolute atomic E-state index is 0.0752. The van der Waals surface area contributed by atoms with Crippen LogP contribution in [0.25, 0.3) is 0 Å². The quantitative estimate of drug-likeness (QED) is 0.738. The number of carbonyl (C=O) groups excluding carboxylic acids is 3. The van der Waals surface area contributed by atoms with Crippen LogP contribution in [0.1, 0.15) is 15.9 Å². The summed E-state index contributed by atoms with van der Waals surface area (Å²) >= 11 is 0. The van der Waals surface area contributed by atoms with E-state index in [2.05, 4.69) is 0 Å². The summed E-state index contributed by atoms with van der Waals surface area (Å²) in [5.74, 6) is 0.0752. The molecule has 0 aliphatic carbocycles. The van der Waals surface area contributed by atoms with E-state index in [1.54, 1.807) is 0 Å². The van der Waals surface area contributed by atoms with Crippen molar-refractivity contribution in [1.29, 1.82) is 0 Å². The standard InChI is InChI=1S/C13H10O.CO2/c14-13(11-7-3-1-4-8-11)12-9-5-2-6-10-12;2-1-3/h1-10H;. The average molecular weight is 226 g/mol. The van der Waals surface area contributed by atoms with Crippen molar-refractivity contribution in [3.05, 3.63) is 71.8 Å². The summed E-state index contributed by atoms with van der Waals surface area (Å²) in [7, 11) is 0. The highest BCUT2D eigenvalue weighted by Gasteiger charge is 2.06. The molecule has 0 N–H and O–H groups in total. The first-order valence-corrected chi connectivity index (χ1v) is 4.93. The van der Waals surface area contributed by atoms with Gasteiger partial charge in [-0.3, -0.25) is 4.79 Å². The zero-order valence-electron chi connectivity index (χ0n) is 9.00. The maximum atomic E-state index is 11.8. The second-order valence-corrected chi connectivity index (χ2v) is 3.14. The first-order valence-electron chi connectivity index (χ1n) is 4.93. The second-order valence-electron chi connectivity index (χ2n) is 3.14. The van der Waals surface area contributed by atoms with Crippen LogP contribution in [0.5, 0.6) is 0 Å². The van der Waals surface area contributed by atoms with Crippen LogP contribution in [0, 0.1) is 0 Å². The zero-order valence-corrected chi connectivity index (χ0v) is 9.00. The minimum atomic E-state index is 0.0752. The molecule has 0 fully saturated rings. The fourth-order valence-electron chi connectivity index (χ4n) is 1.35. The predicted molar refractivity (Wildman–Crippen MR) is 61.3 cm³/mol. The lowest BCUT2D eigenvalue weighted by atomic mass is 10.0. The number of hydrogen-bond acceptors (Lipinski definition) is 3. The Labute approximate surface area is 98.7 Å². The van der Waals surface area contributed by atoms with Crippen molar-refractivity contribution >= 4 is 11.9 Å². The van der Waals surface area contributed by atoms with Gasteiger partial charge in [-0.15, -0.1) is 0 Å². The van der Waals surface area contributed by atoms with E-state index in [1.807, 2.05) is 60.7 Å². The lowest BCUT2D eigenvalue weighted by Crippen LogP contribution is -1.99. The maximum absolute atomic E-state index is 11.8. The van der Waals surface area contributed by atoms with Crippen LogP contribution in [0.15, 0.2) is 60.7 Å². The number of benzene rings is 2. The summed E-state index contributed by atoms with van der Waals surface area (Å²) < 4.78 is 0. The van der Waals surface area contributed by atoms with Crippen molar-refractivity contribution < 1.29 is 14.4 Å². The fraction of sp³-hybridized carbons (Fsp3) is 0. The molecule has 0 aliphatic heterocycles. The van der Waals surface area contributed by atoms with E-state index < -0.39 is 0 Å². The van der Waals surface area contributed by atoms with Crippen molar-refractivity contribution in [1.82, 2.24) is 0 Å². The number of rotatable bonds is 2. The zero-order chi connectivity index (χ0) is 12.5. The van der Waals surface area contributed by atoms with Gasteiger partial charge in [0.1, 0.15) is 0 Å². The van der Waals surface area contributed by atoms with Gasteiger partial charge in [0.15, 0.2) is 5.78 Å². The topological polar surface area (TPSA) is 51.2 Å². The van der Waals surface area contributed by atoms with Gasteiger partial charge in [0, 0.05) is 11.1 Å². The van der Waals surface area contributed by atoms with E-state index in [4.69, 9.17) is 9.59 Å². The minimum Gasteiger partial charge on any atom is -0.289 e. The van der Waals surface area contributed by atoms with E-state index >= 15 is 0 Å². The highest BCUT2D eigenvalue weighted by molar-refractivity contribution is 6.08. The normalized spacial score (nSPS) is 8.47. The van der Waals surface area contributed by atoms with Crippen LogP contribution in [-0.4, -0.2) is 11.9 Å². The van der Waals surface area contributed by atoms with E-state index in [0.29, 0.717) is 0 Å². The maximum Gasteiger partial charge on any atom is 0.373 e. The monoisotopic (exact) mass is 226 g/mol. The summed E-state index contributed by atoms with van der Waals surface area (Å²) in [6.07, 6.45) is 0.250. The number of carbonyl (C=O) groups is 1. The van der Waals surface area contributed by atoms with Crippen molar-refractivity contribution in [2.75, 3.05) is 0 Å². The van der Waals surface area contributed by atoms with E-state index in [1.165, 1.54) is 0 Å². The lowest BCUT2D eigenvalue weighted by molar-refractivity contribution is -0.191. The summed E-state index contributed by atoms with van der Waals surface area (Å²) in [6, 6.07) is 18.6. The highest BCUT2D eigenvalue weighted by Crippen LogP contribution is 2.08. The van der Waals surface area contributed by atoms with Crippen molar-refractivity contribution in [2.45, 2.75) is 0 Å². The van der Waals surface area contributed by atoms with Crippen molar-refractivity contribution in [3.63, 3.8) is 0 Å². The summed E-state index contributed by atoms with van der Waals surface area (Å²) in [5.41, 5.74) is 1.47. The van der Waals surface area contributed by atoms with Crippen LogP contribution < -0.4 is 0 Å². The van der Waals surface area contributed by atoms with Crippen LogP contribution >= 0.6 is 0 Å². The summed E-state index contributed by atoms with van der Waals surface area (Å²) in [6.45, 7) is 0. The molecule has 3 nitrogen and oxygen atoms in total. The Bertz CT molecular complexity index is 456. The van der Waals surface area contributed by atoms with E-state index in [9.17, 15) is 4.79 Å². The third kappa shape index (κ3) is 3.86. The lowest BCUT2D eigenvalue weighted by Gasteiger charge is -1.99. The van der Waals surface area contributed by atoms with Gasteiger partial charge >= 0.3 is 6.15 Å². The largest absolute Gasteiger partial charge is 0.373 e. The molecule has 2 aromatic carbocycles. The number of hydrogen-bond donors (Lipinski definition) is 0. The predicted octanol–water partition coefficient (Wildman–Crippen LogP) is 2.33. The number of ketones is 1. The van der Waals surface area contributed by atoms with Gasteiger partial charge < -0.3 is 0 Å². The van der Waals surface area contributed by atoms with Crippen LogP contribution in [0.3, 0.4) is 0 Å². The average Bonchev–Trinajstić information content (AvgIpc) is 2.41. The van der Waals surface area contributed by atoms with Gasteiger partial charge in [-0.2, -0.15) is 9.59 Å². The third-order valence-electron chi connectivity index (χ3n) is 2.07. The Balaban J connectivity index is 0.000000437. The Morgan fingerprint density at radius 2 is 1.00 bits per heavy atom. The molecule has 0 heterocycles. The molecule has 0 spiro atoms. The molecule has 3 heteroatoms. The molecular weight excluding hydrogens is 216 g/mol. The first-order chi connectivity index (χ1) is 8.29. The van der Waals surface area contributed by atoms with Crippen LogP contribution in [0.2, 0.25) is 0 Å². The SMILES string of the molecule is O=C(c1ccccc1)c1ccccc1.O=C=O. The van der Waals surface area contributed by atoms with E-state index in [-0.39, 0.29) is 11.9 Å². The fourth-order valence-corrected chi connectivity index (χ4v) is 1.35. The molecule has 0 radical (unpaired) electrons. The van der Waals surface area contributed by atoms with Gasteiger partial charge in [-0.05, 0) is 0 Å². The molecule has 2 aromatic rings. The molecule has 84 valence electrons. The summed E-state index contributed by atoms with van der Waals surface area (Å²) in [5, 5.41) is 0. The van der Waals surface area contributed by atoms with Gasteiger partial charge in [0.2, 0.25) is 0 Å². The summed E-state index contributed by atoms with van der Waals surface area (Å²) in [4.78, 5) is 28.1. The van der Waals surface area contributed by atoms with Crippen molar-refractivity contribution in [3.8, 4) is 0 Å². The molecule has 0 saturated carbocycles. The molecular formula is C14H10O3. The second kappa shape index (κ2) is 6.88. The van der Waals surface area contributed by atoms with Crippen molar-refractivity contribution in [2.24, 2.45) is 0 Å². The molecule has 0 bridgehead atoms. The van der Waals surface area contributed by atoms with Crippen LogP contribution in [0.4, 0.5) is 0 Å².